The number of nitrogens with two attached hydrogens (primary N) is 2. The number of rotatable bonds is 4. The number of carbonyl (C=O) groups excluding carboxylic acids is 2. The van der Waals surface area contributed by atoms with Crippen molar-refractivity contribution in [1.82, 2.24) is 0 Å². The minimum Gasteiger partial charge on any atom is -0.478 e. The molecule has 20 heavy (non-hydrogen) atoms. The van der Waals surface area contributed by atoms with E-state index in [1.807, 2.05) is 22.6 Å². The molecule has 0 unspecified atom stereocenters. The Bertz CT molecular complexity index is 618. The molecule has 0 radical (unpaired) electrons. The molecule has 1 amide bonds. The largest absolute Gasteiger partial charge is 0.478 e. The Kier molecular flexibility index (Phi) is 6.24. The molecule has 0 saturated carbocycles. The summed E-state index contributed by atoms with van der Waals surface area (Å²) in [6, 6.07) is 0. The Balaban J connectivity index is 3.43. The number of anilines is 1. The van der Waals surface area contributed by atoms with E-state index in [0.29, 0.717) is 7.14 Å². The van der Waals surface area contributed by atoms with Gasteiger partial charge >= 0.3 is 11.9 Å². The van der Waals surface area contributed by atoms with Crippen LogP contribution in [0.5, 0.6) is 0 Å². The Hall–Kier alpha value is -0.380. The number of aromatic carboxylic acids is 1. The molecule has 0 fully saturated rings. The monoisotopic (exact) mass is 616 g/mol. The fraction of sp³-hybridized carbons (Fsp3) is 0.100. The van der Waals surface area contributed by atoms with E-state index < -0.39 is 24.5 Å². The maximum Gasteiger partial charge on any atom is 0.340 e. The number of hydrogen-bond donors (Lipinski definition) is 3. The highest BCUT2D eigenvalue weighted by Gasteiger charge is 2.27. The lowest BCUT2D eigenvalue weighted by Gasteiger charge is -2.14. The molecule has 0 saturated heterocycles. The highest BCUT2D eigenvalue weighted by Crippen LogP contribution is 2.34. The molecule has 1 rings (SSSR count). The predicted octanol–water partition coefficient (Wildman–Crippen LogP) is 1.42. The SMILES string of the molecule is NC(=O)COC(=O)c1c(I)c(N)c(I)c(C(=O)O)c1I. The molecule has 0 aliphatic rings. The molecular weight excluding hydrogens is 609 g/mol. The van der Waals surface area contributed by atoms with Crippen molar-refractivity contribution in [2.24, 2.45) is 5.73 Å². The highest BCUT2D eigenvalue weighted by molar-refractivity contribution is 14.1. The quantitative estimate of drug-likeness (QED) is 0.267. The van der Waals surface area contributed by atoms with Crippen LogP contribution >= 0.6 is 67.8 Å². The number of esters is 1. The highest BCUT2D eigenvalue weighted by atomic mass is 127. The van der Waals surface area contributed by atoms with E-state index in [-0.39, 0.29) is 20.4 Å². The van der Waals surface area contributed by atoms with Crippen LogP contribution in [0.4, 0.5) is 5.69 Å². The number of carboxylic acids is 1. The lowest BCUT2D eigenvalue weighted by Crippen LogP contribution is -2.23. The van der Waals surface area contributed by atoms with Crippen molar-refractivity contribution in [3.8, 4) is 0 Å². The molecule has 1 aromatic carbocycles. The first-order valence-corrected chi connectivity index (χ1v) is 8.06. The van der Waals surface area contributed by atoms with Crippen LogP contribution in [0, 0.1) is 10.7 Å². The van der Waals surface area contributed by atoms with Gasteiger partial charge in [0.2, 0.25) is 0 Å². The Morgan fingerprint density at radius 3 is 2.00 bits per heavy atom. The van der Waals surface area contributed by atoms with Gasteiger partial charge in [-0.25, -0.2) is 9.59 Å². The van der Waals surface area contributed by atoms with Gasteiger partial charge < -0.3 is 21.3 Å². The number of benzene rings is 1. The fourth-order valence-electron chi connectivity index (χ4n) is 1.26. The van der Waals surface area contributed by atoms with Crippen LogP contribution in [0.1, 0.15) is 20.7 Å². The second kappa shape index (κ2) is 7.06. The van der Waals surface area contributed by atoms with E-state index >= 15 is 0 Å². The van der Waals surface area contributed by atoms with Gasteiger partial charge in [-0.05, 0) is 67.8 Å². The summed E-state index contributed by atoms with van der Waals surface area (Å²) in [5, 5.41) is 9.19. The van der Waals surface area contributed by atoms with Crippen molar-refractivity contribution in [2.75, 3.05) is 12.3 Å². The van der Waals surface area contributed by atoms with E-state index in [0.717, 1.165) is 0 Å². The molecule has 0 spiro atoms. The van der Waals surface area contributed by atoms with Gasteiger partial charge in [-0.15, -0.1) is 0 Å². The summed E-state index contributed by atoms with van der Waals surface area (Å²) in [7, 11) is 0. The third kappa shape index (κ3) is 3.63. The zero-order valence-corrected chi connectivity index (χ0v) is 16.0. The fourth-order valence-corrected chi connectivity index (χ4v) is 5.33. The van der Waals surface area contributed by atoms with E-state index in [9.17, 15) is 19.5 Å². The molecule has 1 aromatic rings. The molecule has 0 aliphatic carbocycles. The lowest BCUT2D eigenvalue weighted by molar-refractivity contribution is -0.121. The zero-order chi connectivity index (χ0) is 15.6. The van der Waals surface area contributed by atoms with E-state index in [1.165, 1.54) is 0 Å². The summed E-state index contributed by atoms with van der Waals surface area (Å²) in [5.41, 5.74) is 10.8. The molecule has 0 bridgehead atoms. The third-order valence-electron chi connectivity index (χ3n) is 2.11. The average molecular weight is 616 g/mol. The molecule has 0 heterocycles. The van der Waals surface area contributed by atoms with E-state index in [1.54, 1.807) is 45.2 Å². The summed E-state index contributed by atoms with van der Waals surface area (Å²) in [4.78, 5) is 33.8. The van der Waals surface area contributed by atoms with Crippen molar-refractivity contribution >= 4 is 91.3 Å². The standard InChI is InChI=1S/C10H7I3N2O5/c11-5-3(9(17)18)6(12)8(15)7(13)4(5)10(19)20-1-2(14)16/h1,15H2,(H2,14,16)(H,17,18). The predicted molar refractivity (Wildman–Crippen MR) is 95.4 cm³/mol. The first-order valence-electron chi connectivity index (χ1n) is 4.83. The van der Waals surface area contributed by atoms with Crippen molar-refractivity contribution in [2.45, 2.75) is 0 Å². The zero-order valence-electron chi connectivity index (χ0n) is 9.58. The van der Waals surface area contributed by atoms with E-state index in [4.69, 9.17) is 16.2 Å². The maximum atomic E-state index is 11.9. The number of carboxylic acid groups (broad SMARTS) is 1. The second-order valence-corrected chi connectivity index (χ2v) is 6.69. The molecule has 0 atom stereocenters. The molecule has 5 N–H and O–H groups in total. The molecule has 7 nitrogen and oxygen atoms in total. The summed E-state index contributed by atoms with van der Waals surface area (Å²) in [6.07, 6.45) is 0. The first-order chi connectivity index (χ1) is 9.18. The maximum absolute atomic E-state index is 11.9. The number of nitrogen functional groups attached to an aromatic ring is 1. The summed E-state index contributed by atoms with van der Waals surface area (Å²) >= 11 is 5.36. The van der Waals surface area contributed by atoms with Gasteiger partial charge in [0.25, 0.3) is 5.91 Å². The Morgan fingerprint density at radius 2 is 1.55 bits per heavy atom. The second-order valence-electron chi connectivity index (χ2n) is 3.45. The third-order valence-corrected chi connectivity index (χ3v) is 5.43. The van der Waals surface area contributed by atoms with Crippen LogP contribution in [-0.4, -0.2) is 29.6 Å². The molecule has 108 valence electrons. The first kappa shape index (κ1) is 17.7. The van der Waals surface area contributed by atoms with Crippen LogP contribution in [0.3, 0.4) is 0 Å². The lowest BCUT2D eigenvalue weighted by atomic mass is 10.1. The normalized spacial score (nSPS) is 10.2. The smallest absolute Gasteiger partial charge is 0.340 e. The van der Waals surface area contributed by atoms with E-state index in [2.05, 4.69) is 0 Å². The van der Waals surface area contributed by atoms with Crippen molar-refractivity contribution in [1.29, 1.82) is 0 Å². The van der Waals surface area contributed by atoms with Crippen LogP contribution < -0.4 is 11.5 Å². The summed E-state index contributed by atoms with van der Waals surface area (Å²) < 4.78 is 5.62. The van der Waals surface area contributed by atoms with Crippen molar-refractivity contribution < 1.29 is 24.2 Å². The van der Waals surface area contributed by atoms with Gasteiger partial charge in [0.05, 0.1) is 24.0 Å². The molecule has 10 heteroatoms. The van der Waals surface area contributed by atoms with Gasteiger partial charge in [-0.3, -0.25) is 4.79 Å². The van der Waals surface area contributed by atoms with Crippen molar-refractivity contribution in [3.63, 3.8) is 0 Å². The van der Waals surface area contributed by atoms with Crippen LogP contribution in [0.15, 0.2) is 0 Å². The van der Waals surface area contributed by atoms with Gasteiger partial charge in [-0.2, -0.15) is 0 Å². The topological polar surface area (TPSA) is 133 Å². The Labute approximate surface area is 154 Å². The molecule has 0 aliphatic heterocycles. The molecule has 0 aromatic heterocycles. The van der Waals surface area contributed by atoms with Crippen LogP contribution in [0.2, 0.25) is 0 Å². The van der Waals surface area contributed by atoms with Crippen LogP contribution in [-0.2, 0) is 9.53 Å². The average Bonchev–Trinajstić information content (AvgIpc) is 2.33. The van der Waals surface area contributed by atoms with Gasteiger partial charge in [0, 0.05) is 3.57 Å². The number of ether oxygens (including phenoxy) is 1. The van der Waals surface area contributed by atoms with Crippen LogP contribution in [0.25, 0.3) is 0 Å². The number of halogens is 3. The number of amides is 1. The van der Waals surface area contributed by atoms with Gasteiger partial charge in [0.1, 0.15) is 0 Å². The minimum atomic E-state index is -1.20. The number of primary amides is 1. The minimum absolute atomic E-state index is 0.0165. The van der Waals surface area contributed by atoms with Gasteiger partial charge in [-0.1, -0.05) is 0 Å². The Morgan fingerprint density at radius 1 is 1.05 bits per heavy atom. The molecular formula is C10H7I3N2O5. The van der Waals surface area contributed by atoms with Gasteiger partial charge in [0.15, 0.2) is 6.61 Å². The number of hydrogen-bond acceptors (Lipinski definition) is 5. The number of carbonyl (C=O) groups is 3. The summed E-state index contributed by atoms with van der Waals surface area (Å²) in [5.74, 6) is -2.85. The van der Waals surface area contributed by atoms with Crippen molar-refractivity contribution in [3.05, 3.63) is 21.8 Å². The summed E-state index contributed by atoms with van der Waals surface area (Å²) in [6.45, 7) is -0.584.